The Balaban J connectivity index is 0.000000786. The zero-order valence-corrected chi connectivity index (χ0v) is 24.0. The molecule has 0 amide bonds. The maximum Gasteiger partial charge on any atom is 0.182 e. The van der Waals surface area contributed by atoms with Gasteiger partial charge in [0.25, 0.3) is 0 Å². The van der Waals surface area contributed by atoms with Gasteiger partial charge in [0.2, 0.25) is 0 Å². The van der Waals surface area contributed by atoms with E-state index in [1.54, 1.807) is 31.8 Å². The number of ether oxygens (including phenoxy) is 1. The fourth-order valence-corrected chi connectivity index (χ4v) is 7.49. The van der Waals surface area contributed by atoms with E-state index in [4.69, 9.17) is 4.74 Å². The first kappa shape index (κ1) is 27.9. The molecule has 200 valence electrons. The van der Waals surface area contributed by atoms with Crippen molar-refractivity contribution in [2.24, 2.45) is 0 Å². The van der Waals surface area contributed by atoms with Crippen LogP contribution < -0.4 is 4.74 Å². The first-order valence-electron chi connectivity index (χ1n) is 12.5. The lowest BCUT2D eigenvalue weighted by molar-refractivity contribution is 0.418. The van der Waals surface area contributed by atoms with Gasteiger partial charge in [-0.05, 0) is 60.2 Å². The molecule has 1 N–H and O–H groups in total. The Labute approximate surface area is 227 Å². The summed E-state index contributed by atoms with van der Waals surface area (Å²) in [6.45, 7) is 3.99. The Kier molecular flexibility index (Phi) is 8.28. The minimum atomic E-state index is -3.65. The van der Waals surface area contributed by atoms with Gasteiger partial charge in [0.15, 0.2) is 9.84 Å². The van der Waals surface area contributed by atoms with Gasteiger partial charge in [0.1, 0.15) is 11.5 Å². The summed E-state index contributed by atoms with van der Waals surface area (Å²) in [6.07, 6.45) is 3.74. The second kappa shape index (κ2) is 11.3. The summed E-state index contributed by atoms with van der Waals surface area (Å²) in [6, 6.07) is 24.3. The number of phenolic OH excluding ortho intramolecular Hbond substituents is 1. The van der Waals surface area contributed by atoms with E-state index in [-0.39, 0.29) is 11.7 Å². The Hall–Kier alpha value is -3.16. The van der Waals surface area contributed by atoms with Gasteiger partial charge in [-0.25, -0.2) is 8.42 Å². The number of hydrogen-bond donors (Lipinski definition) is 1. The number of methoxy groups -OCH3 is 1. The number of phenols is 1. The molecule has 0 aliphatic heterocycles. The van der Waals surface area contributed by atoms with E-state index in [0.717, 1.165) is 27.6 Å². The van der Waals surface area contributed by atoms with Crippen molar-refractivity contribution in [2.45, 2.75) is 42.2 Å². The average molecular weight is 551 g/mol. The normalized spacial score (nSPS) is 18.9. The summed E-state index contributed by atoms with van der Waals surface area (Å²) in [4.78, 5) is 0.342. The van der Waals surface area contributed by atoms with E-state index < -0.39 is 31.8 Å². The minimum Gasteiger partial charge on any atom is -0.507 e. The molecule has 4 aromatic carbocycles. The predicted molar refractivity (Wildman–Crippen MR) is 156 cm³/mol. The quantitative estimate of drug-likeness (QED) is 0.321. The summed E-state index contributed by atoms with van der Waals surface area (Å²) in [5.74, 6) is 0.357. The molecule has 0 fully saturated rings. The highest BCUT2D eigenvalue weighted by molar-refractivity contribution is 7.92. The molecule has 0 bridgehead atoms. The van der Waals surface area contributed by atoms with Crippen molar-refractivity contribution in [3.05, 3.63) is 101 Å². The zero-order chi connectivity index (χ0) is 27.6. The molecule has 0 heterocycles. The monoisotopic (exact) mass is 550 g/mol. The van der Waals surface area contributed by atoms with Gasteiger partial charge >= 0.3 is 0 Å². The third-order valence-electron chi connectivity index (χ3n) is 7.10. The summed E-state index contributed by atoms with van der Waals surface area (Å²) in [7, 11) is -2.66. The van der Waals surface area contributed by atoms with Crippen molar-refractivity contribution in [3.8, 4) is 11.5 Å². The van der Waals surface area contributed by atoms with Crippen molar-refractivity contribution in [1.82, 2.24) is 0 Å². The van der Waals surface area contributed by atoms with E-state index in [1.807, 2.05) is 80.6 Å². The molecule has 0 saturated carbocycles. The topological polar surface area (TPSA) is 80.7 Å². The van der Waals surface area contributed by atoms with E-state index in [2.05, 4.69) is 0 Å². The number of aryl methyl sites for hydroxylation is 1. The highest BCUT2D eigenvalue weighted by Crippen LogP contribution is 2.52. The second-order valence-corrected chi connectivity index (χ2v) is 13.6. The second-order valence-electron chi connectivity index (χ2n) is 9.94. The van der Waals surface area contributed by atoms with Gasteiger partial charge in [0.05, 0.1) is 17.3 Å². The van der Waals surface area contributed by atoms with Gasteiger partial charge in [0, 0.05) is 40.0 Å². The number of rotatable bonds is 4. The molecule has 1 aliphatic carbocycles. The standard InChI is InChI=1S/C29H28O4S.C2H6OS/c1-18-12-14-21(15-13-18)34(31,32)26-16-19(2)23-17-24(30)22-10-7-11-25(33-3)28(22)29(23)27(26)20-8-5-4-6-9-20;1-4(2)3/h4-15,17,19,26-27,30H,16H2,1-3H3;1-2H3/t19-,26+,27-;/m0./s1. The Bertz CT molecular complexity index is 1560. The van der Waals surface area contributed by atoms with Crippen LogP contribution in [0.3, 0.4) is 0 Å². The molecule has 0 saturated heterocycles. The molecule has 0 radical (unpaired) electrons. The maximum atomic E-state index is 14.1. The number of benzene rings is 4. The smallest absolute Gasteiger partial charge is 0.182 e. The minimum absolute atomic E-state index is 0.0552. The summed E-state index contributed by atoms with van der Waals surface area (Å²) in [5.41, 5.74) is 3.86. The van der Waals surface area contributed by atoms with Gasteiger partial charge < -0.3 is 9.84 Å². The maximum absolute atomic E-state index is 14.1. The zero-order valence-electron chi connectivity index (χ0n) is 22.3. The predicted octanol–water partition coefficient (Wildman–Crippen LogP) is 6.34. The number of sulfone groups is 1. The van der Waals surface area contributed by atoms with Crippen LogP contribution in [0.5, 0.6) is 11.5 Å². The summed E-state index contributed by atoms with van der Waals surface area (Å²) in [5, 5.41) is 11.7. The number of aromatic hydroxyl groups is 1. The van der Waals surface area contributed by atoms with Gasteiger partial charge in [-0.1, -0.05) is 67.1 Å². The third kappa shape index (κ3) is 5.36. The van der Waals surface area contributed by atoms with Crippen molar-refractivity contribution in [3.63, 3.8) is 0 Å². The first-order chi connectivity index (χ1) is 18.1. The molecular formula is C31H34O5S2. The molecule has 0 spiro atoms. The highest BCUT2D eigenvalue weighted by atomic mass is 32.2. The first-order valence-corrected chi connectivity index (χ1v) is 16.0. The van der Waals surface area contributed by atoms with Crippen LogP contribution >= 0.6 is 0 Å². The molecule has 0 aromatic heterocycles. The lowest BCUT2D eigenvalue weighted by atomic mass is 9.72. The summed E-state index contributed by atoms with van der Waals surface area (Å²) >= 11 is 0. The lowest BCUT2D eigenvalue weighted by Gasteiger charge is -2.38. The van der Waals surface area contributed by atoms with Crippen molar-refractivity contribution < 1.29 is 22.5 Å². The van der Waals surface area contributed by atoms with Crippen LogP contribution in [0, 0.1) is 6.92 Å². The van der Waals surface area contributed by atoms with Gasteiger partial charge in [-0.3, -0.25) is 4.21 Å². The Morgan fingerprint density at radius 1 is 0.947 bits per heavy atom. The van der Waals surface area contributed by atoms with Crippen LogP contribution in [-0.2, 0) is 20.6 Å². The fraction of sp³-hybridized carbons (Fsp3) is 0.290. The molecule has 1 aliphatic rings. The molecular weight excluding hydrogens is 516 g/mol. The largest absolute Gasteiger partial charge is 0.507 e. The van der Waals surface area contributed by atoms with Crippen molar-refractivity contribution >= 4 is 31.4 Å². The molecule has 38 heavy (non-hydrogen) atoms. The van der Waals surface area contributed by atoms with Gasteiger partial charge in [-0.2, -0.15) is 0 Å². The van der Waals surface area contributed by atoms with Crippen LogP contribution in [0.2, 0.25) is 0 Å². The highest BCUT2D eigenvalue weighted by Gasteiger charge is 2.44. The fourth-order valence-electron chi connectivity index (χ4n) is 5.43. The molecule has 5 rings (SSSR count). The van der Waals surface area contributed by atoms with Crippen molar-refractivity contribution in [2.75, 3.05) is 19.6 Å². The lowest BCUT2D eigenvalue weighted by Crippen LogP contribution is -2.35. The SMILES string of the molecule is COc1cccc2c(O)cc3c(c12)[C@@H](c1ccccc1)[C@H](S(=O)(=O)c1ccc(C)cc1)C[C@@H]3C.CS(C)=O. The van der Waals surface area contributed by atoms with E-state index in [1.165, 1.54) is 0 Å². The molecule has 7 heteroatoms. The van der Waals surface area contributed by atoms with Crippen molar-refractivity contribution in [1.29, 1.82) is 0 Å². The average Bonchev–Trinajstić information content (AvgIpc) is 2.89. The summed E-state index contributed by atoms with van der Waals surface area (Å²) < 4.78 is 43.5. The third-order valence-corrected chi connectivity index (χ3v) is 9.29. The molecule has 3 atom stereocenters. The van der Waals surface area contributed by atoms with Crippen LogP contribution in [-0.4, -0.2) is 42.6 Å². The molecule has 4 aromatic rings. The van der Waals surface area contributed by atoms with Crippen LogP contribution in [0.1, 0.15) is 47.4 Å². The number of hydrogen-bond acceptors (Lipinski definition) is 5. The van der Waals surface area contributed by atoms with E-state index in [9.17, 15) is 17.7 Å². The molecule has 0 unspecified atom stereocenters. The number of fused-ring (bicyclic) bond motifs is 3. The Morgan fingerprint density at radius 2 is 1.58 bits per heavy atom. The van der Waals surface area contributed by atoms with Crippen LogP contribution in [0.4, 0.5) is 0 Å². The van der Waals surface area contributed by atoms with Crippen LogP contribution in [0.25, 0.3) is 10.8 Å². The van der Waals surface area contributed by atoms with E-state index in [0.29, 0.717) is 22.5 Å². The van der Waals surface area contributed by atoms with Crippen LogP contribution in [0.15, 0.2) is 83.8 Å². The van der Waals surface area contributed by atoms with Gasteiger partial charge in [-0.15, -0.1) is 0 Å². The Morgan fingerprint density at radius 3 is 2.18 bits per heavy atom. The van der Waals surface area contributed by atoms with E-state index >= 15 is 0 Å². The molecule has 5 nitrogen and oxygen atoms in total.